The van der Waals surface area contributed by atoms with E-state index in [2.05, 4.69) is 23.4 Å². The Morgan fingerprint density at radius 3 is 3.07 bits per heavy atom. The van der Waals surface area contributed by atoms with Gasteiger partial charge in [-0.3, -0.25) is 0 Å². The van der Waals surface area contributed by atoms with E-state index in [1.54, 1.807) is 0 Å². The van der Waals surface area contributed by atoms with Gasteiger partial charge in [0.05, 0.1) is 6.04 Å². The zero-order valence-electron chi connectivity index (χ0n) is 8.73. The molecule has 0 bridgehead atoms. The van der Waals surface area contributed by atoms with Gasteiger partial charge < -0.3 is 9.36 Å². The Balaban J connectivity index is 2.46. The van der Waals surface area contributed by atoms with Crippen LogP contribution in [-0.4, -0.2) is 15.8 Å². The molecule has 0 radical (unpaired) electrons. The molecule has 0 saturated heterocycles. The summed E-state index contributed by atoms with van der Waals surface area (Å²) in [6.07, 6.45) is 6.10. The molecule has 1 aliphatic heterocycles. The summed E-state index contributed by atoms with van der Waals surface area (Å²) in [6.45, 7) is 4.23. The van der Waals surface area contributed by atoms with Crippen LogP contribution in [0, 0.1) is 0 Å². The number of imidazole rings is 1. The molecule has 2 heterocycles. The lowest BCUT2D eigenvalue weighted by Crippen LogP contribution is -2.21. The Labute approximate surface area is 84.1 Å². The molecule has 1 unspecified atom stereocenters. The van der Waals surface area contributed by atoms with Crippen molar-refractivity contribution in [1.82, 2.24) is 9.55 Å². The Morgan fingerprint density at radius 2 is 2.43 bits per heavy atom. The lowest BCUT2D eigenvalue weighted by atomic mass is 10.0. The molecule has 1 aromatic heterocycles. The number of carbonyl (C=O) groups is 1. The SMILES string of the molecule is CC(C)c1ncc2n1C(C=O)CCC2. The smallest absolute Gasteiger partial charge is 0.142 e. The molecule has 0 aliphatic carbocycles. The first kappa shape index (κ1) is 9.44. The fraction of sp³-hybridized carbons (Fsp3) is 0.636. The van der Waals surface area contributed by atoms with Gasteiger partial charge in [0.2, 0.25) is 0 Å². The van der Waals surface area contributed by atoms with E-state index in [9.17, 15) is 4.79 Å². The van der Waals surface area contributed by atoms with Crippen LogP contribution in [0.1, 0.15) is 50.2 Å². The Hall–Kier alpha value is -1.12. The normalized spacial score (nSPS) is 20.9. The first-order chi connectivity index (χ1) is 6.74. The number of rotatable bonds is 2. The second-order valence-electron chi connectivity index (χ2n) is 4.23. The predicted octanol–water partition coefficient (Wildman–Crippen LogP) is 2.08. The van der Waals surface area contributed by atoms with Crippen molar-refractivity contribution in [1.29, 1.82) is 0 Å². The average molecular weight is 192 g/mol. The summed E-state index contributed by atoms with van der Waals surface area (Å²) >= 11 is 0. The van der Waals surface area contributed by atoms with E-state index >= 15 is 0 Å². The third-order valence-corrected chi connectivity index (χ3v) is 2.84. The number of hydrogen-bond acceptors (Lipinski definition) is 2. The van der Waals surface area contributed by atoms with E-state index in [4.69, 9.17) is 0 Å². The van der Waals surface area contributed by atoms with Crippen molar-refractivity contribution in [2.24, 2.45) is 0 Å². The highest BCUT2D eigenvalue weighted by Crippen LogP contribution is 2.27. The number of aryl methyl sites for hydroxylation is 1. The second kappa shape index (κ2) is 3.56. The van der Waals surface area contributed by atoms with Crippen molar-refractivity contribution in [2.45, 2.75) is 45.1 Å². The topological polar surface area (TPSA) is 34.9 Å². The standard InChI is InChI=1S/C11H16N2O/c1-8(2)11-12-6-9-4-3-5-10(7-14)13(9)11/h6-8,10H,3-5H2,1-2H3. The molecule has 0 saturated carbocycles. The van der Waals surface area contributed by atoms with Gasteiger partial charge in [0, 0.05) is 17.8 Å². The molecular formula is C11H16N2O. The van der Waals surface area contributed by atoms with Gasteiger partial charge in [-0.05, 0) is 19.3 Å². The summed E-state index contributed by atoms with van der Waals surface area (Å²) in [5.74, 6) is 1.45. The third kappa shape index (κ3) is 1.37. The summed E-state index contributed by atoms with van der Waals surface area (Å²) in [6, 6.07) is 0.0265. The number of aldehydes is 1. The van der Waals surface area contributed by atoms with Crippen LogP contribution in [0.3, 0.4) is 0 Å². The maximum atomic E-state index is 10.9. The molecule has 0 N–H and O–H groups in total. The lowest BCUT2D eigenvalue weighted by molar-refractivity contribution is -0.111. The molecule has 0 fully saturated rings. The van der Waals surface area contributed by atoms with E-state index in [-0.39, 0.29) is 6.04 Å². The fourth-order valence-electron chi connectivity index (χ4n) is 2.16. The summed E-state index contributed by atoms with van der Waals surface area (Å²) < 4.78 is 2.13. The van der Waals surface area contributed by atoms with Gasteiger partial charge in [-0.2, -0.15) is 0 Å². The van der Waals surface area contributed by atoms with Crippen LogP contribution in [0.4, 0.5) is 0 Å². The Bertz CT molecular complexity index is 341. The van der Waals surface area contributed by atoms with Gasteiger partial charge in [0.25, 0.3) is 0 Å². The van der Waals surface area contributed by atoms with Gasteiger partial charge in [-0.25, -0.2) is 4.98 Å². The maximum absolute atomic E-state index is 10.9. The van der Waals surface area contributed by atoms with Crippen molar-refractivity contribution in [3.05, 3.63) is 17.7 Å². The molecule has 14 heavy (non-hydrogen) atoms. The zero-order valence-corrected chi connectivity index (χ0v) is 8.73. The van der Waals surface area contributed by atoms with E-state index in [0.717, 1.165) is 31.4 Å². The van der Waals surface area contributed by atoms with Crippen LogP contribution in [0.2, 0.25) is 0 Å². The second-order valence-corrected chi connectivity index (χ2v) is 4.23. The number of hydrogen-bond donors (Lipinski definition) is 0. The highest BCUT2D eigenvalue weighted by atomic mass is 16.1. The highest BCUT2D eigenvalue weighted by molar-refractivity contribution is 5.56. The van der Waals surface area contributed by atoms with Crippen molar-refractivity contribution >= 4 is 6.29 Å². The molecule has 1 aliphatic rings. The molecule has 2 rings (SSSR count). The van der Waals surface area contributed by atoms with E-state index < -0.39 is 0 Å². The molecule has 76 valence electrons. The first-order valence-corrected chi connectivity index (χ1v) is 5.25. The predicted molar refractivity (Wildman–Crippen MR) is 54.4 cm³/mol. The summed E-state index contributed by atoms with van der Waals surface area (Å²) in [4.78, 5) is 15.3. The summed E-state index contributed by atoms with van der Waals surface area (Å²) in [7, 11) is 0. The number of aromatic nitrogens is 2. The van der Waals surface area contributed by atoms with Crippen LogP contribution in [0.25, 0.3) is 0 Å². The number of nitrogens with zero attached hydrogens (tertiary/aromatic N) is 2. The molecule has 3 heteroatoms. The minimum Gasteiger partial charge on any atom is -0.322 e. The van der Waals surface area contributed by atoms with E-state index in [1.807, 2.05) is 6.20 Å². The van der Waals surface area contributed by atoms with Crippen LogP contribution in [0.15, 0.2) is 6.20 Å². The van der Waals surface area contributed by atoms with Crippen molar-refractivity contribution < 1.29 is 4.79 Å². The average Bonchev–Trinajstić information content (AvgIpc) is 2.60. The van der Waals surface area contributed by atoms with Crippen molar-refractivity contribution in [3.63, 3.8) is 0 Å². The fourth-order valence-corrected chi connectivity index (χ4v) is 2.16. The Kier molecular flexibility index (Phi) is 2.40. The van der Waals surface area contributed by atoms with Gasteiger partial charge >= 0.3 is 0 Å². The maximum Gasteiger partial charge on any atom is 0.142 e. The lowest BCUT2D eigenvalue weighted by Gasteiger charge is -2.23. The monoisotopic (exact) mass is 192 g/mol. The Morgan fingerprint density at radius 1 is 1.64 bits per heavy atom. The molecular weight excluding hydrogens is 176 g/mol. The molecule has 1 aromatic rings. The van der Waals surface area contributed by atoms with Crippen LogP contribution in [-0.2, 0) is 11.2 Å². The molecule has 0 amide bonds. The van der Waals surface area contributed by atoms with Gasteiger partial charge in [-0.1, -0.05) is 13.8 Å². The number of carbonyl (C=O) groups excluding carboxylic acids is 1. The molecule has 3 nitrogen and oxygen atoms in total. The zero-order chi connectivity index (χ0) is 10.1. The third-order valence-electron chi connectivity index (χ3n) is 2.84. The largest absolute Gasteiger partial charge is 0.322 e. The van der Waals surface area contributed by atoms with E-state index in [0.29, 0.717) is 5.92 Å². The molecule has 0 aromatic carbocycles. The van der Waals surface area contributed by atoms with Crippen LogP contribution >= 0.6 is 0 Å². The van der Waals surface area contributed by atoms with Crippen LogP contribution < -0.4 is 0 Å². The molecule has 0 spiro atoms. The quantitative estimate of drug-likeness (QED) is 0.672. The van der Waals surface area contributed by atoms with Crippen LogP contribution in [0.5, 0.6) is 0 Å². The minimum atomic E-state index is 0.0265. The van der Waals surface area contributed by atoms with Crippen molar-refractivity contribution in [3.8, 4) is 0 Å². The van der Waals surface area contributed by atoms with Gasteiger partial charge in [0.1, 0.15) is 12.1 Å². The van der Waals surface area contributed by atoms with Crippen molar-refractivity contribution in [2.75, 3.05) is 0 Å². The van der Waals surface area contributed by atoms with E-state index in [1.165, 1.54) is 5.69 Å². The number of fused-ring (bicyclic) bond motifs is 1. The summed E-state index contributed by atoms with van der Waals surface area (Å²) in [5.41, 5.74) is 1.22. The first-order valence-electron chi connectivity index (χ1n) is 5.25. The minimum absolute atomic E-state index is 0.0265. The highest BCUT2D eigenvalue weighted by Gasteiger charge is 2.23. The summed E-state index contributed by atoms with van der Waals surface area (Å²) in [5, 5.41) is 0. The molecule has 1 atom stereocenters. The van der Waals surface area contributed by atoms with Gasteiger partial charge in [-0.15, -0.1) is 0 Å². The van der Waals surface area contributed by atoms with Gasteiger partial charge in [0.15, 0.2) is 0 Å².